The Balaban J connectivity index is 2.06. The predicted molar refractivity (Wildman–Crippen MR) is 87.3 cm³/mol. The first-order chi connectivity index (χ1) is 10.2. The van der Waals surface area contributed by atoms with Crippen LogP contribution in [-0.4, -0.2) is 23.1 Å². The molecule has 4 nitrogen and oxygen atoms in total. The maximum atomic E-state index is 4.58. The lowest BCUT2D eigenvalue weighted by atomic mass is 10.2. The van der Waals surface area contributed by atoms with Crippen LogP contribution in [0.15, 0.2) is 36.5 Å². The number of nitrogens with zero attached hydrogens (tertiary/aromatic N) is 3. The third kappa shape index (κ3) is 4.53. The van der Waals surface area contributed by atoms with Gasteiger partial charge in [-0.3, -0.25) is 4.98 Å². The smallest absolute Gasteiger partial charge is 0.128 e. The van der Waals surface area contributed by atoms with Crippen molar-refractivity contribution in [2.45, 2.75) is 33.9 Å². The highest BCUT2D eigenvalue weighted by Crippen LogP contribution is 2.14. The first-order valence-electron chi connectivity index (χ1n) is 7.56. The fourth-order valence-electron chi connectivity index (χ4n) is 2.22. The molecule has 0 unspecified atom stereocenters. The summed E-state index contributed by atoms with van der Waals surface area (Å²) in [6, 6.07) is 10.4. The van der Waals surface area contributed by atoms with Crippen LogP contribution in [0, 0.1) is 6.92 Å². The Morgan fingerprint density at radius 1 is 1.14 bits per heavy atom. The molecule has 21 heavy (non-hydrogen) atoms. The highest BCUT2D eigenvalue weighted by Gasteiger charge is 2.07. The minimum Gasteiger partial charge on any atom is -0.351 e. The lowest BCUT2D eigenvalue weighted by molar-refractivity contribution is 0.722. The van der Waals surface area contributed by atoms with Crippen LogP contribution in [0.25, 0.3) is 0 Å². The Hall–Kier alpha value is -1.94. The highest BCUT2D eigenvalue weighted by atomic mass is 15.2. The molecule has 0 aromatic carbocycles. The van der Waals surface area contributed by atoms with Gasteiger partial charge >= 0.3 is 0 Å². The summed E-state index contributed by atoms with van der Waals surface area (Å²) in [5.74, 6) is 1.00. The summed E-state index contributed by atoms with van der Waals surface area (Å²) >= 11 is 0. The van der Waals surface area contributed by atoms with Crippen molar-refractivity contribution in [2.75, 3.05) is 18.0 Å². The van der Waals surface area contributed by atoms with Gasteiger partial charge in [-0.2, -0.15) is 0 Å². The summed E-state index contributed by atoms with van der Waals surface area (Å²) < 4.78 is 0. The predicted octanol–water partition coefficient (Wildman–Crippen LogP) is 2.92. The van der Waals surface area contributed by atoms with Gasteiger partial charge in [-0.05, 0) is 44.2 Å². The van der Waals surface area contributed by atoms with E-state index >= 15 is 0 Å². The van der Waals surface area contributed by atoms with E-state index < -0.39 is 0 Å². The summed E-state index contributed by atoms with van der Waals surface area (Å²) in [5.41, 5.74) is 3.35. The molecule has 4 heteroatoms. The molecule has 0 spiro atoms. The van der Waals surface area contributed by atoms with Crippen LogP contribution in [-0.2, 0) is 13.1 Å². The zero-order valence-corrected chi connectivity index (χ0v) is 13.1. The molecule has 0 bridgehead atoms. The van der Waals surface area contributed by atoms with Gasteiger partial charge in [0.15, 0.2) is 0 Å². The third-order valence-corrected chi connectivity index (χ3v) is 3.39. The number of aromatic nitrogens is 2. The summed E-state index contributed by atoms with van der Waals surface area (Å²) in [6.45, 7) is 9.82. The fraction of sp³-hybridized carbons (Fsp3) is 0.412. The first-order valence-corrected chi connectivity index (χ1v) is 7.56. The van der Waals surface area contributed by atoms with Crippen molar-refractivity contribution >= 4 is 5.82 Å². The number of rotatable bonds is 7. The number of hydrogen-bond donors (Lipinski definition) is 1. The van der Waals surface area contributed by atoms with E-state index in [1.54, 1.807) is 0 Å². The number of nitrogens with one attached hydrogen (secondary N) is 1. The second-order valence-corrected chi connectivity index (χ2v) is 5.09. The zero-order chi connectivity index (χ0) is 15.1. The minimum absolute atomic E-state index is 0.789. The number of aryl methyl sites for hydroxylation is 1. The molecule has 1 N–H and O–H groups in total. The maximum absolute atomic E-state index is 4.58. The second kappa shape index (κ2) is 7.74. The van der Waals surface area contributed by atoms with Gasteiger partial charge in [0.1, 0.15) is 5.82 Å². The van der Waals surface area contributed by atoms with Crippen LogP contribution < -0.4 is 10.2 Å². The zero-order valence-electron chi connectivity index (χ0n) is 13.1. The van der Waals surface area contributed by atoms with Gasteiger partial charge in [0, 0.05) is 25.0 Å². The van der Waals surface area contributed by atoms with Crippen LogP contribution in [0.3, 0.4) is 0 Å². The molecule has 0 fully saturated rings. The molecular weight excluding hydrogens is 260 g/mol. The molecule has 2 heterocycles. The van der Waals surface area contributed by atoms with Crippen molar-refractivity contribution in [1.29, 1.82) is 0 Å². The summed E-state index contributed by atoms with van der Waals surface area (Å²) in [5, 5.41) is 3.31. The molecule has 112 valence electrons. The van der Waals surface area contributed by atoms with Crippen molar-refractivity contribution in [2.24, 2.45) is 0 Å². The third-order valence-electron chi connectivity index (χ3n) is 3.39. The Morgan fingerprint density at radius 3 is 2.62 bits per heavy atom. The van der Waals surface area contributed by atoms with Crippen molar-refractivity contribution in [3.63, 3.8) is 0 Å². The molecule has 0 amide bonds. The molecule has 2 aromatic heterocycles. The molecule has 0 saturated heterocycles. The Bertz CT molecular complexity index is 551. The molecule has 2 rings (SSSR count). The normalized spacial score (nSPS) is 10.6. The molecule has 0 atom stereocenters. The minimum atomic E-state index is 0.789. The van der Waals surface area contributed by atoms with Gasteiger partial charge in [-0.1, -0.05) is 19.1 Å². The number of anilines is 1. The Labute approximate surface area is 127 Å². The SMILES string of the molecule is CCNCc1ccc(N(CC)Cc2cccc(C)n2)nc1. The first kappa shape index (κ1) is 15.4. The van der Waals surface area contributed by atoms with Crippen LogP contribution >= 0.6 is 0 Å². The van der Waals surface area contributed by atoms with Gasteiger partial charge in [0.05, 0.1) is 12.2 Å². The lowest BCUT2D eigenvalue weighted by Crippen LogP contribution is -2.24. The van der Waals surface area contributed by atoms with E-state index in [0.29, 0.717) is 0 Å². The van der Waals surface area contributed by atoms with Gasteiger partial charge in [0.25, 0.3) is 0 Å². The van der Waals surface area contributed by atoms with Gasteiger partial charge in [0.2, 0.25) is 0 Å². The average Bonchev–Trinajstić information content (AvgIpc) is 2.51. The van der Waals surface area contributed by atoms with E-state index in [2.05, 4.69) is 58.3 Å². The van der Waals surface area contributed by atoms with Crippen LogP contribution in [0.1, 0.15) is 30.8 Å². The van der Waals surface area contributed by atoms with Crippen LogP contribution in [0.2, 0.25) is 0 Å². The van der Waals surface area contributed by atoms with Crippen molar-refractivity contribution in [1.82, 2.24) is 15.3 Å². The molecule has 2 aromatic rings. The van der Waals surface area contributed by atoms with Crippen molar-refractivity contribution < 1.29 is 0 Å². The van der Waals surface area contributed by atoms with E-state index in [9.17, 15) is 0 Å². The second-order valence-electron chi connectivity index (χ2n) is 5.09. The van der Waals surface area contributed by atoms with E-state index in [1.165, 1.54) is 5.56 Å². The standard InChI is InChI=1S/C17H24N4/c1-4-18-11-15-9-10-17(19-12-15)21(5-2)13-16-8-6-7-14(3)20-16/h6-10,12,18H,4-5,11,13H2,1-3H3. The quantitative estimate of drug-likeness (QED) is 0.849. The van der Waals surface area contributed by atoms with E-state index in [1.807, 2.05) is 19.2 Å². The molecule has 0 radical (unpaired) electrons. The Kier molecular flexibility index (Phi) is 5.69. The van der Waals surface area contributed by atoms with Crippen molar-refractivity contribution in [3.8, 4) is 0 Å². The number of hydrogen-bond acceptors (Lipinski definition) is 4. The van der Waals surface area contributed by atoms with Gasteiger partial charge in [-0.25, -0.2) is 4.98 Å². The van der Waals surface area contributed by atoms with Gasteiger partial charge < -0.3 is 10.2 Å². The van der Waals surface area contributed by atoms with E-state index in [4.69, 9.17) is 0 Å². The monoisotopic (exact) mass is 284 g/mol. The summed E-state index contributed by atoms with van der Waals surface area (Å²) in [4.78, 5) is 11.4. The molecule has 0 aliphatic heterocycles. The van der Waals surface area contributed by atoms with E-state index in [0.717, 1.165) is 43.4 Å². The molecular formula is C17H24N4. The molecule has 0 aliphatic rings. The lowest BCUT2D eigenvalue weighted by Gasteiger charge is -2.22. The fourth-order valence-corrected chi connectivity index (χ4v) is 2.22. The average molecular weight is 284 g/mol. The topological polar surface area (TPSA) is 41.0 Å². The van der Waals surface area contributed by atoms with Crippen molar-refractivity contribution in [3.05, 3.63) is 53.5 Å². The highest BCUT2D eigenvalue weighted by molar-refractivity contribution is 5.39. The summed E-state index contributed by atoms with van der Waals surface area (Å²) in [6.07, 6.45) is 1.95. The molecule has 0 saturated carbocycles. The largest absolute Gasteiger partial charge is 0.351 e. The van der Waals surface area contributed by atoms with Gasteiger partial charge in [-0.15, -0.1) is 0 Å². The maximum Gasteiger partial charge on any atom is 0.128 e. The Morgan fingerprint density at radius 2 is 2.00 bits per heavy atom. The molecule has 0 aliphatic carbocycles. The van der Waals surface area contributed by atoms with Crippen LogP contribution in [0.5, 0.6) is 0 Å². The van der Waals surface area contributed by atoms with Crippen LogP contribution in [0.4, 0.5) is 5.82 Å². The van der Waals surface area contributed by atoms with E-state index in [-0.39, 0.29) is 0 Å². The summed E-state index contributed by atoms with van der Waals surface area (Å²) in [7, 11) is 0. The number of pyridine rings is 2.